The quantitative estimate of drug-likeness (QED) is 0.900. The molecule has 3 heteroatoms. The number of aliphatic hydroxyl groups is 1. The molecule has 26 heavy (non-hydrogen) atoms. The van der Waals surface area contributed by atoms with Crippen molar-refractivity contribution in [2.45, 2.75) is 44.8 Å². The first-order chi connectivity index (χ1) is 12.6. The van der Waals surface area contributed by atoms with Gasteiger partial charge in [0, 0.05) is 38.4 Å². The van der Waals surface area contributed by atoms with Crippen LogP contribution in [0.1, 0.15) is 42.4 Å². The van der Waals surface area contributed by atoms with Crippen LogP contribution in [0.2, 0.25) is 0 Å². The summed E-state index contributed by atoms with van der Waals surface area (Å²) in [5, 5.41) is 11.1. The summed E-state index contributed by atoms with van der Waals surface area (Å²) in [6.07, 6.45) is 4.23. The smallest absolute Gasteiger partial charge is 0.0920 e. The Hall–Kier alpha value is -1.84. The standard InChI is InChI=1S/C23H30N2O/c1-19-8-10-21(11-9-19)23(26)12-16-24(17-13-23)18-20-6-2-3-7-22(20)25-14-4-5-15-25/h2-3,6-11,26H,4-5,12-18H2,1H3. The Labute approximate surface area is 157 Å². The molecule has 3 nitrogen and oxygen atoms in total. The van der Waals surface area contributed by atoms with E-state index in [0.29, 0.717) is 0 Å². The van der Waals surface area contributed by atoms with Crippen molar-refractivity contribution in [3.63, 3.8) is 0 Å². The lowest BCUT2D eigenvalue weighted by atomic mass is 9.84. The van der Waals surface area contributed by atoms with Crippen molar-refractivity contribution in [1.82, 2.24) is 4.90 Å². The number of hydrogen-bond donors (Lipinski definition) is 1. The van der Waals surface area contributed by atoms with Crippen LogP contribution in [0.3, 0.4) is 0 Å². The van der Waals surface area contributed by atoms with Gasteiger partial charge in [0.1, 0.15) is 0 Å². The minimum Gasteiger partial charge on any atom is -0.385 e. The lowest BCUT2D eigenvalue weighted by Crippen LogP contribution is -2.42. The zero-order chi connectivity index (χ0) is 18.0. The highest BCUT2D eigenvalue weighted by Gasteiger charge is 2.34. The molecule has 1 N–H and O–H groups in total. The van der Waals surface area contributed by atoms with Gasteiger partial charge in [0.15, 0.2) is 0 Å². The number of likely N-dealkylation sites (tertiary alicyclic amines) is 1. The van der Waals surface area contributed by atoms with Crippen molar-refractivity contribution in [3.05, 3.63) is 65.2 Å². The number of rotatable bonds is 4. The van der Waals surface area contributed by atoms with E-state index in [2.05, 4.69) is 65.3 Å². The van der Waals surface area contributed by atoms with Crippen LogP contribution in [0, 0.1) is 6.92 Å². The van der Waals surface area contributed by atoms with E-state index < -0.39 is 5.60 Å². The van der Waals surface area contributed by atoms with Gasteiger partial charge in [0.2, 0.25) is 0 Å². The first kappa shape index (κ1) is 17.6. The monoisotopic (exact) mass is 350 g/mol. The summed E-state index contributed by atoms with van der Waals surface area (Å²) < 4.78 is 0. The Bertz CT molecular complexity index is 726. The molecule has 0 bridgehead atoms. The van der Waals surface area contributed by atoms with E-state index in [1.807, 2.05) is 0 Å². The SMILES string of the molecule is Cc1ccc(C2(O)CCN(Cc3ccccc3N3CCCC3)CC2)cc1. The highest BCUT2D eigenvalue weighted by molar-refractivity contribution is 5.54. The minimum atomic E-state index is -0.668. The van der Waals surface area contributed by atoms with E-state index in [9.17, 15) is 5.11 Å². The van der Waals surface area contributed by atoms with Crippen LogP contribution in [-0.2, 0) is 12.1 Å². The Morgan fingerprint density at radius 3 is 2.23 bits per heavy atom. The fraction of sp³-hybridized carbons (Fsp3) is 0.478. The lowest BCUT2D eigenvalue weighted by Gasteiger charge is -2.39. The number of benzene rings is 2. The van der Waals surface area contributed by atoms with Gasteiger partial charge in [-0.25, -0.2) is 0 Å². The molecule has 0 aliphatic carbocycles. The zero-order valence-corrected chi connectivity index (χ0v) is 15.8. The molecule has 0 spiro atoms. The summed E-state index contributed by atoms with van der Waals surface area (Å²) in [4.78, 5) is 5.03. The normalized spacial score (nSPS) is 20.5. The molecule has 0 unspecified atom stereocenters. The maximum absolute atomic E-state index is 11.1. The summed E-state index contributed by atoms with van der Waals surface area (Å²) in [6, 6.07) is 17.2. The summed E-state index contributed by atoms with van der Waals surface area (Å²) >= 11 is 0. The first-order valence-electron chi connectivity index (χ1n) is 9.99. The third kappa shape index (κ3) is 3.65. The average Bonchev–Trinajstić information content (AvgIpc) is 3.19. The first-order valence-corrected chi connectivity index (χ1v) is 9.99. The van der Waals surface area contributed by atoms with Gasteiger partial charge >= 0.3 is 0 Å². The molecule has 2 fully saturated rings. The molecule has 0 saturated carbocycles. The van der Waals surface area contributed by atoms with Crippen molar-refractivity contribution in [2.75, 3.05) is 31.1 Å². The molecule has 2 heterocycles. The molecule has 2 saturated heterocycles. The third-order valence-electron chi connectivity index (χ3n) is 6.10. The van der Waals surface area contributed by atoms with Crippen molar-refractivity contribution >= 4 is 5.69 Å². The predicted octanol–water partition coefficient (Wildman–Crippen LogP) is 4.08. The predicted molar refractivity (Wildman–Crippen MR) is 107 cm³/mol. The van der Waals surface area contributed by atoms with Gasteiger partial charge in [0.05, 0.1) is 5.60 Å². The number of anilines is 1. The molecule has 4 rings (SSSR count). The van der Waals surface area contributed by atoms with Crippen molar-refractivity contribution in [1.29, 1.82) is 0 Å². The summed E-state index contributed by atoms with van der Waals surface area (Å²) in [6.45, 7) is 7.33. The second-order valence-electron chi connectivity index (χ2n) is 8.00. The molecule has 0 aromatic heterocycles. The number of para-hydroxylation sites is 1. The molecule has 138 valence electrons. The van der Waals surface area contributed by atoms with Crippen molar-refractivity contribution in [2.24, 2.45) is 0 Å². The van der Waals surface area contributed by atoms with Crippen LogP contribution in [0.25, 0.3) is 0 Å². The molecule has 0 radical (unpaired) electrons. The molecule has 2 aliphatic rings. The maximum Gasteiger partial charge on any atom is 0.0920 e. The molecule has 0 amide bonds. The second-order valence-corrected chi connectivity index (χ2v) is 8.00. The fourth-order valence-corrected chi connectivity index (χ4v) is 4.39. The molecule has 2 aromatic carbocycles. The van der Waals surface area contributed by atoms with Crippen LogP contribution in [0.15, 0.2) is 48.5 Å². The largest absolute Gasteiger partial charge is 0.385 e. The van der Waals surface area contributed by atoms with Crippen LogP contribution in [0.4, 0.5) is 5.69 Å². The van der Waals surface area contributed by atoms with Crippen LogP contribution in [-0.4, -0.2) is 36.2 Å². The van der Waals surface area contributed by atoms with E-state index in [1.165, 1.54) is 42.7 Å². The van der Waals surface area contributed by atoms with E-state index >= 15 is 0 Å². The number of aryl methyl sites for hydroxylation is 1. The Morgan fingerprint density at radius 2 is 1.54 bits per heavy atom. The Morgan fingerprint density at radius 1 is 0.885 bits per heavy atom. The molecule has 2 aromatic rings. The summed E-state index contributed by atoms with van der Waals surface area (Å²) in [5.41, 5.74) is 4.48. The van der Waals surface area contributed by atoms with Crippen LogP contribution < -0.4 is 4.90 Å². The Balaban J connectivity index is 1.42. The van der Waals surface area contributed by atoms with Gasteiger partial charge in [-0.3, -0.25) is 4.90 Å². The topological polar surface area (TPSA) is 26.7 Å². The van der Waals surface area contributed by atoms with Gasteiger partial charge in [-0.15, -0.1) is 0 Å². The average molecular weight is 351 g/mol. The zero-order valence-electron chi connectivity index (χ0n) is 15.8. The number of hydrogen-bond acceptors (Lipinski definition) is 3. The van der Waals surface area contributed by atoms with Crippen molar-refractivity contribution in [3.8, 4) is 0 Å². The van der Waals surface area contributed by atoms with E-state index in [-0.39, 0.29) is 0 Å². The fourth-order valence-electron chi connectivity index (χ4n) is 4.39. The lowest BCUT2D eigenvalue weighted by molar-refractivity contribution is -0.0277. The number of nitrogens with zero attached hydrogens (tertiary/aromatic N) is 2. The van der Waals surface area contributed by atoms with Gasteiger partial charge < -0.3 is 10.0 Å². The van der Waals surface area contributed by atoms with Crippen LogP contribution in [0.5, 0.6) is 0 Å². The highest BCUT2D eigenvalue weighted by atomic mass is 16.3. The van der Waals surface area contributed by atoms with Gasteiger partial charge in [-0.2, -0.15) is 0 Å². The van der Waals surface area contributed by atoms with Crippen molar-refractivity contribution < 1.29 is 5.11 Å². The third-order valence-corrected chi connectivity index (χ3v) is 6.10. The maximum atomic E-state index is 11.1. The minimum absolute atomic E-state index is 0.668. The highest BCUT2D eigenvalue weighted by Crippen LogP contribution is 2.34. The van der Waals surface area contributed by atoms with Crippen LogP contribution >= 0.6 is 0 Å². The Kier molecular flexibility index (Phi) is 5.01. The van der Waals surface area contributed by atoms with E-state index in [4.69, 9.17) is 0 Å². The summed E-state index contributed by atoms with van der Waals surface area (Å²) in [7, 11) is 0. The van der Waals surface area contributed by atoms with Gasteiger partial charge in [0.25, 0.3) is 0 Å². The molecular formula is C23H30N2O. The van der Waals surface area contributed by atoms with E-state index in [0.717, 1.165) is 38.0 Å². The molecule has 0 atom stereocenters. The second kappa shape index (κ2) is 7.42. The molecular weight excluding hydrogens is 320 g/mol. The number of piperidine rings is 1. The summed E-state index contributed by atoms with van der Waals surface area (Å²) in [5.74, 6) is 0. The van der Waals surface area contributed by atoms with Gasteiger partial charge in [-0.1, -0.05) is 48.0 Å². The van der Waals surface area contributed by atoms with E-state index in [1.54, 1.807) is 0 Å². The van der Waals surface area contributed by atoms with Gasteiger partial charge in [-0.05, 0) is 49.8 Å². The molecule has 2 aliphatic heterocycles.